The van der Waals surface area contributed by atoms with E-state index in [0.29, 0.717) is 24.0 Å². The predicted molar refractivity (Wildman–Crippen MR) is 91.5 cm³/mol. The Bertz CT molecular complexity index is 669. The van der Waals surface area contributed by atoms with Gasteiger partial charge in [0.25, 0.3) is 0 Å². The third kappa shape index (κ3) is 4.54. The normalized spacial score (nSPS) is 11.0. The Hall–Kier alpha value is -2.89. The zero-order valence-corrected chi connectivity index (χ0v) is 13.5. The largest absolute Gasteiger partial charge is 0.497 e. The van der Waals surface area contributed by atoms with E-state index in [-0.39, 0.29) is 0 Å². The van der Waals surface area contributed by atoms with E-state index in [1.807, 2.05) is 30.3 Å². The zero-order valence-electron chi connectivity index (χ0n) is 13.5. The quantitative estimate of drug-likeness (QED) is 0.633. The predicted octanol–water partition coefficient (Wildman–Crippen LogP) is 2.64. The first-order chi connectivity index (χ1) is 11.2. The molecule has 0 bridgehead atoms. The number of nitrogens with one attached hydrogen (secondary N) is 1. The lowest BCUT2D eigenvalue weighted by Crippen LogP contribution is -2.22. The molecule has 0 aliphatic heterocycles. The molecule has 0 spiro atoms. The first kappa shape index (κ1) is 16.5. The number of methoxy groups -OCH3 is 3. The SMILES string of the molecule is COc1ccc(CN=C(N)Nc2ccc(OC)c(OC)c2)cc1. The van der Waals surface area contributed by atoms with Crippen molar-refractivity contribution in [1.82, 2.24) is 0 Å². The number of nitrogens with two attached hydrogens (primary N) is 1. The van der Waals surface area contributed by atoms with Crippen molar-refractivity contribution in [2.24, 2.45) is 10.7 Å². The average Bonchev–Trinajstić information content (AvgIpc) is 2.60. The van der Waals surface area contributed by atoms with Crippen LogP contribution in [-0.4, -0.2) is 27.3 Å². The number of hydrogen-bond acceptors (Lipinski definition) is 4. The number of hydrogen-bond donors (Lipinski definition) is 2. The summed E-state index contributed by atoms with van der Waals surface area (Å²) in [4.78, 5) is 4.31. The highest BCUT2D eigenvalue weighted by molar-refractivity contribution is 5.92. The third-order valence-corrected chi connectivity index (χ3v) is 3.25. The van der Waals surface area contributed by atoms with Crippen LogP contribution < -0.4 is 25.3 Å². The lowest BCUT2D eigenvalue weighted by atomic mass is 10.2. The second-order valence-corrected chi connectivity index (χ2v) is 4.74. The summed E-state index contributed by atoms with van der Waals surface area (Å²) < 4.78 is 15.6. The Morgan fingerprint density at radius 1 is 0.957 bits per heavy atom. The second-order valence-electron chi connectivity index (χ2n) is 4.74. The highest BCUT2D eigenvalue weighted by Crippen LogP contribution is 2.29. The van der Waals surface area contributed by atoms with Gasteiger partial charge in [-0.1, -0.05) is 12.1 Å². The first-order valence-corrected chi connectivity index (χ1v) is 7.08. The summed E-state index contributed by atoms with van der Waals surface area (Å²) in [5.74, 6) is 2.43. The fourth-order valence-electron chi connectivity index (χ4n) is 2.01. The number of benzene rings is 2. The maximum atomic E-state index is 5.91. The van der Waals surface area contributed by atoms with Crippen molar-refractivity contribution in [3.63, 3.8) is 0 Å². The Morgan fingerprint density at radius 2 is 1.65 bits per heavy atom. The van der Waals surface area contributed by atoms with Crippen molar-refractivity contribution >= 4 is 11.6 Å². The molecule has 23 heavy (non-hydrogen) atoms. The van der Waals surface area contributed by atoms with Crippen LogP contribution in [0.25, 0.3) is 0 Å². The molecule has 6 heteroatoms. The molecule has 0 atom stereocenters. The average molecular weight is 315 g/mol. The summed E-state index contributed by atoms with van der Waals surface area (Å²) in [6.45, 7) is 0.482. The molecular weight excluding hydrogens is 294 g/mol. The van der Waals surface area contributed by atoms with Crippen molar-refractivity contribution < 1.29 is 14.2 Å². The van der Waals surface area contributed by atoms with E-state index in [1.54, 1.807) is 33.5 Å². The van der Waals surface area contributed by atoms with Crippen LogP contribution in [0.1, 0.15) is 5.56 Å². The fourth-order valence-corrected chi connectivity index (χ4v) is 2.01. The van der Waals surface area contributed by atoms with Gasteiger partial charge < -0.3 is 25.3 Å². The number of nitrogens with zero attached hydrogens (tertiary/aromatic N) is 1. The minimum Gasteiger partial charge on any atom is -0.497 e. The van der Waals surface area contributed by atoms with Gasteiger partial charge in [0.1, 0.15) is 5.75 Å². The Kier molecular flexibility index (Phi) is 5.68. The van der Waals surface area contributed by atoms with Crippen molar-refractivity contribution in [2.45, 2.75) is 6.54 Å². The van der Waals surface area contributed by atoms with Gasteiger partial charge >= 0.3 is 0 Å². The summed E-state index contributed by atoms with van der Waals surface area (Å²) >= 11 is 0. The standard InChI is InChI=1S/C17H21N3O3/c1-21-14-7-4-12(5-8-14)11-19-17(18)20-13-6-9-15(22-2)16(10-13)23-3/h4-10H,11H2,1-3H3,(H3,18,19,20). The number of guanidine groups is 1. The van der Waals surface area contributed by atoms with Gasteiger partial charge in [0.2, 0.25) is 0 Å². The molecule has 2 rings (SSSR count). The molecule has 2 aromatic carbocycles. The van der Waals surface area contributed by atoms with E-state index in [1.165, 1.54) is 0 Å². The Morgan fingerprint density at radius 3 is 2.26 bits per heavy atom. The van der Waals surface area contributed by atoms with Crippen LogP contribution in [0.5, 0.6) is 17.2 Å². The zero-order chi connectivity index (χ0) is 16.7. The first-order valence-electron chi connectivity index (χ1n) is 7.08. The third-order valence-electron chi connectivity index (χ3n) is 3.25. The Labute approximate surface area is 135 Å². The highest BCUT2D eigenvalue weighted by Gasteiger charge is 2.05. The minimum absolute atomic E-state index is 0.327. The van der Waals surface area contributed by atoms with Crippen molar-refractivity contribution in [2.75, 3.05) is 26.6 Å². The van der Waals surface area contributed by atoms with Crippen LogP contribution in [0.4, 0.5) is 5.69 Å². The molecular formula is C17H21N3O3. The second kappa shape index (κ2) is 7.93. The van der Waals surface area contributed by atoms with Gasteiger partial charge in [-0.15, -0.1) is 0 Å². The van der Waals surface area contributed by atoms with Gasteiger partial charge in [-0.25, -0.2) is 4.99 Å². The molecule has 0 heterocycles. The lowest BCUT2D eigenvalue weighted by Gasteiger charge is -2.11. The van der Waals surface area contributed by atoms with Gasteiger partial charge in [-0.05, 0) is 29.8 Å². The maximum absolute atomic E-state index is 5.91. The van der Waals surface area contributed by atoms with Crippen molar-refractivity contribution in [1.29, 1.82) is 0 Å². The van der Waals surface area contributed by atoms with E-state index in [4.69, 9.17) is 19.9 Å². The lowest BCUT2D eigenvalue weighted by molar-refractivity contribution is 0.355. The molecule has 0 radical (unpaired) electrons. The summed E-state index contributed by atoms with van der Waals surface area (Å²) in [5.41, 5.74) is 7.73. The summed E-state index contributed by atoms with van der Waals surface area (Å²) in [6, 6.07) is 13.1. The monoisotopic (exact) mass is 315 g/mol. The number of rotatable bonds is 6. The number of ether oxygens (including phenoxy) is 3. The summed E-state index contributed by atoms with van der Waals surface area (Å²) in [5, 5.41) is 3.03. The molecule has 0 amide bonds. The van der Waals surface area contributed by atoms with Gasteiger partial charge in [-0.3, -0.25) is 0 Å². The smallest absolute Gasteiger partial charge is 0.193 e. The van der Waals surface area contributed by atoms with Crippen LogP contribution in [0.15, 0.2) is 47.5 Å². The number of anilines is 1. The van der Waals surface area contributed by atoms with E-state index < -0.39 is 0 Å². The highest BCUT2D eigenvalue weighted by atomic mass is 16.5. The fraction of sp³-hybridized carbons (Fsp3) is 0.235. The molecule has 0 unspecified atom stereocenters. The van der Waals surface area contributed by atoms with E-state index in [2.05, 4.69) is 10.3 Å². The van der Waals surface area contributed by atoms with Crippen LogP contribution in [0.3, 0.4) is 0 Å². The topological polar surface area (TPSA) is 78.1 Å². The molecule has 0 aliphatic rings. The van der Waals surface area contributed by atoms with Crippen LogP contribution in [-0.2, 0) is 6.54 Å². The van der Waals surface area contributed by atoms with Crippen molar-refractivity contribution in [3.8, 4) is 17.2 Å². The van der Waals surface area contributed by atoms with E-state index in [9.17, 15) is 0 Å². The maximum Gasteiger partial charge on any atom is 0.193 e. The van der Waals surface area contributed by atoms with E-state index >= 15 is 0 Å². The molecule has 0 saturated heterocycles. The van der Waals surface area contributed by atoms with Gasteiger partial charge in [0, 0.05) is 11.8 Å². The van der Waals surface area contributed by atoms with Crippen molar-refractivity contribution in [3.05, 3.63) is 48.0 Å². The Balaban J connectivity index is 2.01. The molecule has 3 N–H and O–H groups in total. The summed E-state index contributed by atoms with van der Waals surface area (Å²) in [6.07, 6.45) is 0. The molecule has 6 nitrogen and oxygen atoms in total. The summed E-state index contributed by atoms with van der Waals surface area (Å²) in [7, 11) is 4.82. The molecule has 0 saturated carbocycles. The molecule has 122 valence electrons. The van der Waals surface area contributed by atoms with Crippen LogP contribution >= 0.6 is 0 Å². The molecule has 0 aromatic heterocycles. The van der Waals surface area contributed by atoms with Crippen LogP contribution in [0.2, 0.25) is 0 Å². The van der Waals surface area contributed by atoms with Gasteiger partial charge in [-0.2, -0.15) is 0 Å². The van der Waals surface area contributed by atoms with E-state index in [0.717, 1.165) is 17.0 Å². The number of aliphatic imine (C=N–C) groups is 1. The molecule has 2 aromatic rings. The van der Waals surface area contributed by atoms with Crippen LogP contribution in [0, 0.1) is 0 Å². The minimum atomic E-state index is 0.327. The molecule has 0 fully saturated rings. The van der Waals surface area contributed by atoms with Gasteiger partial charge in [0.05, 0.1) is 27.9 Å². The van der Waals surface area contributed by atoms with Gasteiger partial charge in [0.15, 0.2) is 17.5 Å². The molecule has 0 aliphatic carbocycles.